The molecule has 6 nitrogen and oxygen atoms in total. The maximum absolute atomic E-state index is 13.3. The molecule has 0 saturated heterocycles. The number of nitriles is 1. The van der Waals surface area contributed by atoms with Gasteiger partial charge >= 0.3 is 0 Å². The van der Waals surface area contributed by atoms with Crippen LogP contribution in [-0.2, 0) is 0 Å². The molecule has 0 bridgehead atoms. The number of amides is 1. The summed E-state index contributed by atoms with van der Waals surface area (Å²) in [7, 11) is 0. The van der Waals surface area contributed by atoms with Gasteiger partial charge in [0.2, 0.25) is 0 Å². The highest BCUT2D eigenvalue weighted by molar-refractivity contribution is 5.95. The number of non-ortho nitro benzene ring substituents is 1. The summed E-state index contributed by atoms with van der Waals surface area (Å²) < 4.78 is 13.3. The summed E-state index contributed by atoms with van der Waals surface area (Å²) in [5.74, 6) is -1.55. The molecule has 18 heavy (non-hydrogen) atoms. The topological polar surface area (TPSA) is 96.0 Å². The van der Waals surface area contributed by atoms with Gasteiger partial charge < -0.3 is 5.32 Å². The van der Waals surface area contributed by atoms with Gasteiger partial charge in [0.1, 0.15) is 5.82 Å². The van der Waals surface area contributed by atoms with Gasteiger partial charge in [-0.1, -0.05) is 0 Å². The SMILES string of the molecule is N#CCCCNC(=O)c1cc([N+](=O)[O-])ccc1F. The fourth-order valence-electron chi connectivity index (χ4n) is 1.27. The fraction of sp³-hybridized carbons (Fsp3) is 0.273. The maximum atomic E-state index is 13.3. The molecule has 1 rings (SSSR count). The van der Waals surface area contributed by atoms with E-state index in [-0.39, 0.29) is 24.2 Å². The molecule has 0 aromatic heterocycles. The number of hydrogen-bond donors (Lipinski definition) is 1. The van der Waals surface area contributed by atoms with Gasteiger partial charge in [0.05, 0.1) is 16.6 Å². The summed E-state index contributed by atoms with van der Waals surface area (Å²) in [6.45, 7) is 0.217. The molecule has 0 atom stereocenters. The molecule has 0 aliphatic rings. The van der Waals surface area contributed by atoms with Crippen LogP contribution in [0.15, 0.2) is 18.2 Å². The molecule has 0 spiro atoms. The van der Waals surface area contributed by atoms with Gasteiger partial charge in [-0.15, -0.1) is 0 Å². The van der Waals surface area contributed by atoms with Crippen LogP contribution in [0.3, 0.4) is 0 Å². The molecule has 0 heterocycles. The summed E-state index contributed by atoms with van der Waals surface area (Å²) in [5, 5.41) is 21.2. The Hall–Kier alpha value is -2.49. The van der Waals surface area contributed by atoms with Crippen molar-refractivity contribution >= 4 is 11.6 Å². The Morgan fingerprint density at radius 3 is 2.89 bits per heavy atom. The highest BCUT2D eigenvalue weighted by Gasteiger charge is 2.16. The highest BCUT2D eigenvalue weighted by atomic mass is 19.1. The highest BCUT2D eigenvalue weighted by Crippen LogP contribution is 2.16. The van der Waals surface area contributed by atoms with E-state index in [2.05, 4.69) is 5.32 Å². The molecule has 1 aromatic rings. The van der Waals surface area contributed by atoms with Crippen molar-refractivity contribution in [2.45, 2.75) is 12.8 Å². The zero-order chi connectivity index (χ0) is 13.5. The van der Waals surface area contributed by atoms with Gasteiger partial charge in [-0.25, -0.2) is 4.39 Å². The van der Waals surface area contributed by atoms with Crippen LogP contribution in [0.1, 0.15) is 23.2 Å². The number of nitro groups is 1. The summed E-state index contributed by atoms with van der Waals surface area (Å²) in [6.07, 6.45) is 0.719. The molecule has 1 amide bonds. The quantitative estimate of drug-likeness (QED) is 0.490. The van der Waals surface area contributed by atoms with Crippen LogP contribution in [0, 0.1) is 27.3 Å². The lowest BCUT2D eigenvalue weighted by molar-refractivity contribution is -0.384. The van der Waals surface area contributed by atoms with E-state index in [1.807, 2.05) is 6.07 Å². The van der Waals surface area contributed by atoms with E-state index in [1.165, 1.54) is 0 Å². The second-order valence-corrected chi connectivity index (χ2v) is 3.44. The van der Waals surface area contributed by atoms with E-state index in [0.29, 0.717) is 6.42 Å². The van der Waals surface area contributed by atoms with Gasteiger partial charge in [0.15, 0.2) is 0 Å². The number of rotatable bonds is 5. The minimum atomic E-state index is -0.821. The van der Waals surface area contributed by atoms with Gasteiger partial charge in [0, 0.05) is 25.1 Å². The second kappa shape index (κ2) is 6.30. The number of unbranched alkanes of at least 4 members (excludes halogenated alkanes) is 1. The lowest BCUT2D eigenvalue weighted by Crippen LogP contribution is -2.25. The van der Waals surface area contributed by atoms with Crippen molar-refractivity contribution in [2.75, 3.05) is 6.54 Å². The monoisotopic (exact) mass is 251 g/mol. The molecule has 0 aliphatic carbocycles. The number of nitrogens with zero attached hydrogens (tertiary/aromatic N) is 2. The minimum Gasteiger partial charge on any atom is -0.352 e. The van der Waals surface area contributed by atoms with Crippen molar-refractivity contribution in [1.82, 2.24) is 5.32 Å². The molecule has 0 saturated carbocycles. The molecule has 0 fully saturated rings. The van der Waals surface area contributed by atoms with Crippen LogP contribution in [0.4, 0.5) is 10.1 Å². The number of carbonyl (C=O) groups excluding carboxylic acids is 1. The zero-order valence-corrected chi connectivity index (χ0v) is 9.35. The zero-order valence-electron chi connectivity index (χ0n) is 9.35. The van der Waals surface area contributed by atoms with Crippen molar-refractivity contribution in [3.05, 3.63) is 39.7 Å². The Balaban J connectivity index is 2.76. The summed E-state index contributed by atoms with van der Waals surface area (Å²) in [6, 6.07) is 4.65. The van der Waals surface area contributed by atoms with Gasteiger partial charge in [0.25, 0.3) is 11.6 Å². The predicted octanol–water partition coefficient (Wildman–Crippen LogP) is 1.77. The Labute approximate surface area is 102 Å². The lowest BCUT2D eigenvalue weighted by Gasteiger charge is -2.04. The molecule has 0 unspecified atom stereocenters. The van der Waals surface area contributed by atoms with E-state index in [9.17, 15) is 19.3 Å². The third kappa shape index (κ3) is 3.52. The fourth-order valence-corrected chi connectivity index (χ4v) is 1.27. The first-order valence-electron chi connectivity index (χ1n) is 5.15. The number of hydrogen-bond acceptors (Lipinski definition) is 4. The molecule has 1 aromatic carbocycles. The Kier molecular flexibility index (Phi) is 4.75. The van der Waals surface area contributed by atoms with Crippen LogP contribution in [-0.4, -0.2) is 17.4 Å². The van der Waals surface area contributed by atoms with E-state index < -0.39 is 16.6 Å². The summed E-state index contributed by atoms with van der Waals surface area (Å²) in [5.41, 5.74) is -0.722. The van der Waals surface area contributed by atoms with Crippen LogP contribution in [0.2, 0.25) is 0 Å². The molecule has 1 N–H and O–H groups in total. The van der Waals surface area contributed by atoms with Crippen LogP contribution in [0.25, 0.3) is 0 Å². The van der Waals surface area contributed by atoms with Crippen LogP contribution >= 0.6 is 0 Å². The van der Waals surface area contributed by atoms with Crippen LogP contribution in [0.5, 0.6) is 0 Å². The molecule has 0 aliphatic heterocycles. The van der Waals surface area contributed by atoms with Crippen molar-refractivity contribution in [3.8, 4) is 6.07 Å². The van der Waals surface area contributed by atoms with Crippen molar-refractivity contribution in [2.24, 2.45) is 0 Å². The Bertz CT molecular complexity index is 511. The van der Waals surface area contributed by atoms with Crippen molar-refractivity contribution in [3.63, 3.8) is 0 Å². The average Bonchev–Trinajstić information content (AvgIpc) is 2.34. The molecule has 7 heteroatoms. The first kappa shape index (κ1) is 13.6. The minimum absolute atomic E-state index is 0.217. The first-order valence-corrected chi connectivity index (χ1v) is 5.15. The molecule has 94 valence electrons. The first-order chi connectivity index (χ1) is 8.56. The molecule has 0 radical (unpaired) electrons. The maximum Gasteiger partial charge on any atom is 0.270 e. The molecular formula is C11H10FN3O3. The second-order valence-electron chi connectivity index (χ2n) is 3.44. The lowest BCUT2D eigenvalue weighted by atomic mass is 10.1. The van der Waals surface area contributed by atoms with Gasteiger partial charge in [-0.3, -0.25) is 14.9 Å². The van der Waals surface area contributed by atoms with Gasteiger partial charge in [-0.05, 0) is 12.5 Å². The van der Waals surface area contributed by atoms with Crippen LogP contribution < -0.4 is 5.32 Å². The average molecular weight is 251 g/mol. The Morgan fingerprint density at radius 1 is 1.56 bits per heavy atom. The standard InChI is InChI=1S/C11H10FN3O3/c12-10-4-3-8(15(17)18)7-9(10)11(16)14-6-2-1-5-13/h3-4,7H,1-2,6H2,(H,14,16). The molecular weight excluding hydrogens is 241 g/mol. The summed E-state index contributed by atoms with van der Waals surface area (Å²) >= 11 is 0. The number of benzene rings is 1. The van der Waals surface area contributed by atoms with Crippen molar-refractivity contribution < 1.29 is 14.1 Å². The summed E-state index contributed by atoms with van der Waals surface area (Å²) in [4.78, 5) is 21.3. The predicted molar refractivity (Wildman–Crippen MR) is 60.2 cm³/mol. The Morgan fingerprint density at radius 2 is 2.28 bits per heavy atom. The van der Waals surface area contributed by atoms with Crippen molar-refractivity contribution in [1.29, 1.82) is 5.26 Å². The van der Waals surface area contributed by atoms with E-state index in [0.717, 1.165) is 18.2 Å². The van der Waals surface area contributed by atoms with E-state index >= 15 is 0 Å². The van der Waals surface area contributed by atoms with E-state index in [1.54, 1.807) is 0 Å². The third-order valence-electron chi connectivity index (χ3n) is 2.16. The number of nitrogens with one attached hydrogen (secondary N) is 1. The third-order valence-corrected chi connectivity index (χ3v) is 2.16. The largest absolute Gasteiger partial charge is 0.352 e. The number of nitro benzene ring substituents is 1. The normalized spacial score (nSPS) is 9.56. The van der Waals surface area contributed by atoms with Gasteiger partial charge in [-0.2, -0.15) is 5.26 Å². The number of carbonyl (C=O) groups is 1. The number of halogens is 1. The van der Waals surface area contributed by atoms with E-state index in [4.69, 9.17) is 5.26 Å². The smallest absolute Gasteiger partial charge is 0.270 e.